The molecule has 4 heterocycles. The van der Waals surface area contributed by atoms with E-state index < -0.39 is 23.6 Å². The first-order chi connectivity index (χ1) is 35.7. The van der Waals surface area contributed by atoms with E-state index in [0.29, 0.717) is 35.2 Å². The van der Waals surface area contributed by atoms with Gasteiger partial charge in [0, 0.05) is 29.5 Å². The molecule has 0 amide bonds. The molecule has 72 heavy (non-hydrogen) atoms. The molecule has 0 fully saturated rings. The van der Waals surface area contributed by atoms with Crippen LogP contribution < -0.4 is 0 Å². The Balaban J connectivity index is 0.00000706. The van der Waals surface area contributed by atoms with E-state index in [0.717, 1.165) is 78.7 Å². The van der Waals surface area contributed by atoms with Crippen LogP contribution in [0.25, 0.3) is 66.8 Å². The average Bonchev–Trinajstić information content (AvgIpc) is 3.85. The normalized spacial score (nSPS) is 13.3. The number of furan rings is 1. The Morgan fingerprint density at radius 3 is 1.67 bits per heavy atom. The number of nitrogens with zero attached hydrogens (tertiary/aromatic N) is 3. The first-order valence-electron chi connectivity index (χ1n) is 26.6. The molecular formula is C67H62IrN3O. The molecule has 0 spiro atoms. The topological polar surface area (TPSA) is 51.8 Å². The smallest absolute Gasteiger partial charge is 0.501 e. The number of hydrogen-bond donors (Lipinski definition) is 0. The van der Waals surface area contributed by atoms with E-state index in [1.165, 1.54) is 11.8 Å². The summed E-state index contributed by atoms with van der Waals surface area (Å²) in [5.41, 5.74) is 13.0. The summed E-state index contributed by atoms with van der Waals surface area (Å²) in [6.45, 7) is 17.4. The third-order valence-electron chi connectivity index (χ3n) is 13.6. The van der Waals surface area contributed by atoms with Gasteiger partial charge < -0.3 is 19.4 Å². The summed E-state index contributed by atoms with van der Waals surface area (Å²) in [6, 6.07) is 59.8. The SMILES string of the molecule is [2H]C([2H])(c1cc(CC(C)(C)c2ccc(-c3[c-]cccc3)nc2)cc(CC(C)(C)c2ccc(-c3[c-]cccc3)nc2)c1)C([2H])([2H])c1cnc(-c2[c-]ccc3c2oc2ccccc23)cc1-c1ccc(CC(C)(C)C)cc1C.[Ir+3]. The maximum atomic E-state index is 10.2. The molecule has 0 aliphatic rings. The zero-order valence-corrected chi connectivity index (χ0v) is 44.8. The van der Waals surface area contributed by atoms with Crippen LogP contribution in [0.5, 0.6) is 0 Å². The molecule has 0 aliphatic heterocycles. The van der Waals surface area contributed by atoms with Gasteiger partial charge in [0.25, 0.3) is 0 Å². The first kappa shape index (κ1) is 45.1. The van der Waals surface area contributed by atoms with Crippen molar-refractivity contribution in [3.05, 3.63) is 233 Å². The Hall–Kier alpha value is -6.78. The van der Waals surface area contributed by atoms with Crippen LogP contribution >= 0.6 is 0 Å². The molecule has 360 valence electrons. The fraction of sp³-hybridized carbons (Fsp3) is 0.239. The van der Waals surface area contributed by atoms with Gasteiger partial charge in [-0.2, -0.15) is 0 Å². The maximum Gasteiger partial charge on any atom is 3.00 e. The van der Waals surface area contributed by atoms with Crippen molar-refractivity contribution in [2.75, 3.05) is 0 Å². The van der Waals surface area contributed by atoms with E-state index in [2.05, 4.69) is 103 Å². The van der Waals surface area contributed by atoms with Crippen LogP contribution in [0.1, 0.15) is 98.5 Å². The number of benzene rings is 6. The van der Waals surface area contributed by atoms with Crippen molar-refractivity contribution >= 4 is 21.9 Å². The predicted molar refractivity (Wildman–Crippen MR) is 293 cm³/mol. The van der Waals surface area contributed by atoms with Gasteiger partial charge in [-0.1, -0.05) is 144 Å². The first-order valence-corrected chi connectivity index (χ1v) is 24.6. The van der Waals surface area contributed by atoms with Crippen LogP contribution in [0.15, 0.2) is 175 Å². The molecule has 0 unspecified atom stereocenters. The third-order valence-corrected chi connectivity index (χ3v) is 13.6. The fourth-order valence-electron chi connectivity index (χ4n) is 9.96. The van der Waals surface area contributed by atoms with Crippen molar-refractivity contribution in [2.45, 2.75) is 98.2 Å². The Morgan fingerprint density at radius 2 is 1.10 bits per heavy atom. The van der Waals surface area contributed by atoms with Gasteiger partial charge in [-0.15, -0.1) is 90.0 Å². The summed E-state index contributed by atoms with van der Waals surface area (Å²) in [4.78, 5) is 14.7. The zero-order chi connectivity index (χ0) is 52.9. The summed E-state index contributed by atoms with van der Waals surface area (Å²) in [6.07, 6.45) is 2.18. The Bertz CT molecular complexity index is 3560. The van der Waals surface area contributed by atoms with E-state index in [9.17, 15) is 5.48 Å². The van der Waals surface area contributed by atoms with Gasteiger partial charge >= 0.3 is 20.1 Å². The zero-order valence-electron chi connectivity index (χ0n) is 46.4. The summed E-state index contributed by atoms with van der Waals surface area (Å²) < 4.78 is 47.1. The quantitative estimate of drug-likeness (QED) is 0.102. The van der Waals surface area contributed by atoms with Gasteiger partial charge in [-0.05, 0) is 134 Å². The van der Waals surface area contributed by atoms with Crippen LogP contribution in [-0.2, 0) is 62.9 Å². The maximum absolute atomic E-state index is 10.2. The number of rotatable bonds is 14. The van der Waals surface area contributed by atoms with Crippen molar-refractivity contribution in [1.29, 1.82) is 0 Å². The van der Waals surface area contributed by atoms with Gasteiger partial charge in [-0.25, -0.2) is 0 Å². The number of aromatic nitrogens is 3. The van der Waals surface area contributed by atoms with E-state index in [1.807, 2.05) is 135 Å². The van der Waals surface area contributed by atoms with Gasteiger partial charge in [0.1, 0.15) is 5.58 Å². The van der Waals surface area contributed by atoms with Gasteiger partial charge in [0.05, 0.1) is 5.58 Å². The molecule has 0 aliphatic carbocycles. The Labute approximate surface area is 446 Å². The van der Waals surface area contributed by atoms with Crippen LogP contribution in [-0.4, -0.2) is 15.0 Å². The minimum absolute atomic E-state index is 0. The molecule has 0 N–H and O–H groups in total. The van der Waals surface area contributed by atoms with E-state index >= 15 is 0 Å². The third kappa shape index (κ3) is 11.1. The molecule has 5 heteroatoms. The molecule has 4 aromatic heterocycles. The van der Waals surface area contributed by atoms with Crippen LogP contribution in [0.2, 0.25) is 0 Å². The summed E-state index contributed by atoms with van der Waals surface area (Å²) in [5.74, 6) is 0. The van der Waals surface area contributed by atoms with Crippen molar-refractivity contribution in [3.8, 4) is 44.9 Å². The number of hydrogen-bond acceptors (Lipinski definition) is 4. The largest absolute Gasteiger partial charge is 3.00 e. The average molecular weight is 1120 g/mol. The molecule has 0 radical (unpaired) electrons. The van der Waals surface area contributed by atoms with Crippen molar-refractivity contribution in [2.24, 2.45) is 5.41 Å². The number of para-hydroxylation sites is 1. The molecule has 0 atom stereocenters. The Kier molecular flexibility index (Phi) is 13.0. The molecule has 0 saturated heterocycles. The summed E-state index contributed by atoms with van der Waals surface area (Å²) in [5, 5.41) is 1.91. The minimum atomic E-state index is -2.59. The predicted octanol–water partition coefficient (Wildman–Crippen LogP) is 16.6. The van der Waals surface area contributed by atoms with Crippen molar-refractivity contribution < 1.29 is 30.0 Å². The van der Waals surface area contributed by atoms with E-state index in [-0.39, 0.29) is 36.6 Å². The van der Waals surface area contributed by atoms with Crippen LogP contribution in [0.4, 0.5) is 0 Å². The van der Waals surface area contributed by atoms with Crippen molar-refractivity contribution in [3.63, 3.8) is 0 Å². The molecule has 10 aromatic rings. The summed E-state index contributed by atoms with van der Waals surface area (Å²) in [7, 11) is 0. The second-order valence-corrected chi connectivity index (χ2v) is 21.5. The number of fused-ring (bicyclic) bond motifs is 3. The van der Waals surface area contributed by atoms with E-state index in [4.69, 9.17) is 19.4 Å². The van der Waals surface area contributed by atoms with Gasteiger partial charge in [0.2, 0.25) is 0 Å². The van der Waals surface area contributed by atoms with Gasteiger partial charge in [0.15, 0.2) is 0 Å². The molecule has 0 saturated carbocycles. The fourth-order valence-corrected chi connectivity index (χ4v) is 9.96. The van der Waals surface area contributed by atoms with Gasteiger partial charge in [-0.3, -0.25) is 0 Å². The molecule has 10 rings (SSSR count). The molecule has 4 nitrogen and oxygen atoms in total. The van der Waals surface area contributed by atoms with Crippen molar-refractivity contribution in [1.82, 2.24) is 15.0 Å². The number of pyridine rings is 3. The molecule has 0 bridgehead atoms. The Morgan fingerprint density at radius 1 is 0.500 bits per heavy atom. The monoisotopic (exact) mass is 1120 g/mol. The minimum Gasteiger partial charge on any atom is -0.501 e. The second-order valence-electron chi connectivity index (χ2n) is 21.5. The standard InChI is InChI=1S/C67H62N3O.Ir/c1-45-34-47(39-65(2,3)4)27-31-55(45)59-38-62(58-24-17-23-57-56-22-15-16-25-63(56)71-64(57)58)68-42-52(59)28-26-46-35-48(40-66(5,6)53-29-32-60(69-43-53)50-18-11-9-12-19-50)37-49(36-46)41-67(7,8)54-30-33-61(70-44-54)51-20-13-10-14-21-51;/h9-18,20,22-23,25,27,29-38,42-44H,26,28,39-41H2,1-8H3;/q-3;+3/i26D2,28D2;. The van der Waals surface area contributed by atoms with Crippen LogP contribution in [0.3, 0.4) is 0 Å². The second kappa shape index (κ2) is 20.7. The van der Waals surface area contributed by atoms with Crippen LogP contribution in [0, 0.1) is 30.5 Å². The summed E-state index contributed by atoms with van der Waals surface area (Å²) >= 11 is 0. The molecule has 6 aromatic carbocycles. The van der Waals surface area contributed by atoms with E-state index in [1.54, 1.807) is 0 Å². The number of aryl methyl sites for hydroxylation is 3. The molecular weight excluding hydrogens is 1050 g/mol.